The van der Waals surface area contributed by atoms with Crippen molar-refractivity contribution in [3.63, 3.8) is 0 Å². The third kappa shape index (κ3) is 14.7. The summed E-state index contributed by atoms with van der Waals surface area (Å²) in [5.74, 6) is -2.69. The number of carbonyl (C=O) groups excluding carboxylic acids is 4. The number of hydrogen-bond acceptors (Lipinski definition) is 5. The topological polar surface area (TPSA) is 145 Å². The molecule has 0 aliphatic carbocycles. The Morgan fingerprint density at radius 2 is 1.35 bits per heavy atom. The number of carboxylic acids is 1. The van der Waals surface area contributed by atoms with Crippen LogP contribution in [0.2, 0.25) is 0 Å². The highest BCUT2D eigenvalue weighted by Crippen LogP contribution is 2.19. The average molecular weight is 567 g/mol. The number of likely N-dealkylation sites (tertiary alicyclic amines) is 1. The molecule has 10 nitrogen and oxygen atoms in total. The maximum Gasteiger partial charge on any atom is 0.326 e. The Hall–Kier alpha value is -2.65. The van der Waals surface area contributed by atoms with E-state index in [1.807, 2.05) is 0 Å². The van der Waals surface area contributed by atoms with Crippen molar-refractivity contribution in [1.29, 1.82) is 0 Å². The van der Waals surface area contributed by atoms with Crippen LogP contribution in [0.4, 0.5) is 0 Å². The number of rotatable bonds is 22. The predicted molar refractivity (Wildman–Crippen MR) is 156 cm³/mol. The van der Waals surface area contributed by atoms with Gasteiger partial charge >= 0.3 is 5.97 Å². The molecule has 0 aromatic heterocycles. The van der Waals surface area contributed by atoms with Gasteiger partial charge in [0, 0.05) is 13.0 Å². The first kappa shape index (κ1) is 35.4. The van der Waals surface area contributed by atoms with Crippen LogP contribution in [0.25, 0.3) is 0 Å². The molecule has 0 aromatic rings. The third-order valence-corrected chi connectivity index (χ3v) is 7.56. The lowest BCUT2D eigenvalue weighted by Gasteiger charge is -2.27. The maximum atomic E-state index is 13.0. The second kappa shape index (κ2) is 21.1. The van der Waals surface area contributed by atoms with Crippen LogP contribution in [0.1, 0.15) is 130 Å². The summed E-state index contributed by atoms with van der Waals surface area (Å²) < 4.78 is 0. The van der Waals surface area contributed by atoms with E-state index in [4.69, 9.17) is 5.11 Å². The van der Waals surface area contributed by atoms with Crippen molar-refractivity contribution in [2.45, 2.75) is 148 Å². The molecular weight excluding hydrogens is 512 g/mol. The van der Waals surface area contributed by atoms with Crippen LogP contribution in [0.5, 0.6) is 0 Å². The van der Waals surface area contributed by atoms with Crippen molar-refractivity contribution in [3.05, 3.63) is 0 Å². The normalized spacial score (nSPS) is 16.3. The first-order valence-corrected chi connectivity index (χ1v) is 15.6. The number of nitrogens with zero attached hydrogens (tertiary/aromatic N) is 1. The zero-order valence-electron chi connectivity index (χ0n) is 25.1. The van der Waals surface area contributed by atoms with E-state index < -0.39 is 35.9 Å². The van der Waals surface area contributed by atoms with Crippen LogP contribution < -0.4 is 16.0 Å². The minimum absolute atomic E-state index is 0.162. The first-order chi connectivity index (χ1) is 19.2. The summed E-state index contributed by atoms with van der Waals surface area (Å²) in [5.41, 5.74) is 0. The largest absolute Gasteiger partial charge is 0.480 e. The van der Waals surface area contributed by atoms with E-state index in [-0.39, 0.29) is 24.8 Å². The van der Waals surface area contributed by atoms with Crippen LogP contribution in [0.15, 0.2) is 0 Å². The number of carboxylic acid groups (broad SMARTS) is 1. The van der Waals surface area contributed by atoms with Crippen molar-refractivity contribution in [2.24, 2.45) is 0 Å². The summed E-state index contributed by atoms with van der Waals surface area (Å²) in [6.07, 6.45) is 17.8. The van der Waals surface area contributed by atoms with Gasteiger partial charge in [-0.2, -0.15) is 0 Å². The number of amides is 4. The van der Waals surface area contributed by atoms with E-state index in [1.54, 1.807) is 13.8 Å². The van der Waals surface area contributed by atoms with E-state index in [2.05, 4.69) is 22.9 Å². The molecule has 0 radical (unpaired) electrons. The molecular formula is C30H54N4O6. The van der Waals surface area contributed by atoms with Crippen molar-refractivity contribution in [2.75, 3.05) is 13.1 Å². The minimum atomic E-state index is -1.14. The van der Waals surface area contributed by atoms with Gasteiger partial charge in [-0.25, -0.2) is 4.79 Å². The minimum Gasteiger partial charge on any atom is -0.480 e. The summed E-state index contributed by atoms with van der Waals surface area (Å²) in [5, 5.41) is 16.7. The van der Waals surface area contributed by atoms with Gasteiger partial charge in [0.05, 0.1) is 6.54 Å². The number of nitrogens with one attached hydrogen (secondary N) is 3. The fourth-order valence-corrected chi connectivity index (χ4v) is 5.10. The molecule has 3 atom stereocenters. The van der Waals surface area contributed by atoms with Gasteiger partial charge in [0.25, 0.3) is 0 Å². The lowest BCUT2D eigenvalue weighted by atomic mass is 10.0. The molecule has 0 bridgehead atoms. The summed E-state index contributed by atoms with van der Waals surface area (Å²) >= 11 is 0. The van der Waals surface area contributed by atoms with Gasteiger partial charge in [-0.15, -0.1) is 0 Å². The predicted octanol–water partition coefficient (Wildman–Crippen LogP) is 4.06. The van der Waals surface area contributed by atoms with Crippen LogP contribution in [0.3, 0.4) is 0 Å². The molecule has 0 unspecified atom stereocenters. The van der Waals surface area contributed by atoms with Crippen LogP contribution in [-0.2, 0) is 24.0 Å². The second-order valence-corrected chi connectivity index (χ2v) is 11.1. The maximum absolute atomic E-state index is 13.0. The zero-order valence-corrected chi connectivity index (χ0v) is 25.1. The lowest BCUT2D eigenvalue weighted by molar-refractivity contribution is -0.142. The summed E-state index contributed by atoms with van der Waals surface area (Å²) in [4.78, 5) is 62.5. The number of unbranched alkanes of at least 4 members (excludes halogenated alkanes) is 12. The fourth-order valence-electron chi connectivity index (χ4n) is 5.10. The molecule has 1 heterocycles. The Morgan fingerprint density at radius 1 is 0.800 bits per heavy atom. The second-order valence-electron chi connectivity index (χ2n) is 11.1. The van der Waals surface area contributed by atoms with Crippen LogP contribution >= 0.6 is 0 Å². The van der Waals surface area contributed by atoms with Crippen molar-refractivity contribution >= 4 is 29.6 Å². The summed E-state index contributed by atoms with van der Waals surface area (Å²) in [6.45, 7) is 5.54. The highest BCUT2D eigenvalue weighted by molar-refractivity contribution is 5.94. The molecule has 1 fully saturated rings. The van der Waals surface area contributed by atoms with Gasteiger partial charge in [0.1, 0.15) is 18.1 Å². The highest BCUT2D eigenvalue weighted by Gasteiger charge is 2.36. The molecule has 1 aliphatic rings. The quantitative estimate of drug-likeness (QED) is 0.145. The Labute approximate surface area is 240 Å². The SMILES string of the molecule is CCCCCCCCCCCCCCCC(=O)N[C@@H](C)C(=O)N1CCC[C@H]1C(=O)NCC(=O)N[C@@H](CC)C(=O)O. The van der Waals surface area contributed by atoms with Crippen molar-refractivity contribution in [3.8, 4) is 0 Å². The Morgan fingerprint density at radius 3 is 1.88 bits per heavy atom. The molecule has 40 heavy (non-hydrogen) atoms. The molecule has 1 saturated heterocycles. The molecule has 4 N–H and O–H groups in total. The van der Waals surface area contributed by atoms with Gasteiger partial charge in [-0.05, 0) is 32.6 Å². The summed E-state index contributed by atoms with van der Waals surface area (Å²) in [7, 11) is 0. The smallest absolute Gasteiger partial charge is 0.326 e. The van der Waals surface area contributed by atoms with E-state index in [0.29, 0.717) is 25.8 Å². The molecule has 1 aliphatic heterocycles. The Bertz CT molecular complexity index is 790. The monoisotopic (exact) mass is 566 g/mol. The Balaban J connectivity index is 2.23. The highest BCUT2D eigenvalue weighted by atomic mass is 16.4. The van der Waals surface area contributed by atoms with Gasteiger partial charge < -0.3 is 26.0 Å². The fraction of sp³-hybridized carbons (Fsp3) is 0.833. The van der Waals surface area contributed by atoms with Gasteiger partial charge in [-0.3, -0.25) is 19.2 Å². The number of carbonyl (C=O) groups is 5. The van der Waals surface area contributed by atoms with Crippen molar-refractivity contribution < 1.29 is 29.1 Å². The molecule has 10 heteroatoms. The third-order valence-electron chi connectivity index (χ3n) is 7.56. The summed E-state index contributed by atoms with van der Waals surface area (Å²) in [6, 6.07) is -2.48. The molecule has 0 aromatic carbocycles. The molecule has 0 spiro atoms. The average Bonchev–Trinajstić information content (AvgIpc) is 3.42. The molecule has 1 rings (SSSR count). The molecule has 230 valence electrons. The Kier molecular flexibility index (Phi) is 18.7. The van der Waals surface area contributed by atoms with Crippen molar-refractivity contribution in [1.82, 2.24) is 20.9 Å². The van der Waals surface area contributed by atoms with Gasteiger partial charge in [0.2, 0.25) is 23.6 Å². The first-order valence-electron chi connectivity index (χ1n) is 15.6. The van der Waals surface area contributed by atoms with E-state index in [0.717, 1.165) is 19.3 Å². The standard InChI is InChI=1S/C30H54N4O6/c1-4-6-7-8-9-10-11-12-13-14-15-16-17-20-26(35)32-23(3)29(38)34-21-18-19-25(34)28(37)31-22-27(36)33-24(5-2)30(39)40/h23-25H,4-22H2,1-3H3,(H,31,37)(H,32,35)(H,33,36)(H,39,40)/t23-,24-,25-/m0/s1. The van der Waals surface area contributed by atoms with E-state index >= 15 is 0 Å². The lowest BCUT2D eigenvalue weighted by Crippen LogP contribution is -2.53. The zero-order chi connectivity index (χ0) is 29.8. The van der Waals surface area contributed by atoms with Gasteiger partial charge in [-0.1, -0.05) is 90.9 Å². The van der Waals surface area contributed by atoms with Gasteiger partial charge in [0.15, 0.2) is 0 Å². The number of aliphatic carboxylic acids is 1. The van der Waals surface area contributed by atoms with Crippen LogP contribution in [0, 0.1) is 0 Å². The number of hydrogen-bond donors (Lipinski definition) is 4. The van der Waals surface area contributed by atoms with E-state index in [9.17, 15) is 24.0 Å². The van der Waals surface area contributed by atoms with E-state index in [1.165, 1.54) is 69.1 Å². The molecule has 4 amide bonds. The molecule has 0 saturated carbocycles. The van der Waals surface area contributed by atoms with Crippen LogP contribution in [-0.4, -0.2) is 70.8 Å².